The van der Waals surface area contributed by atoms with Crippen molar-refractivity contribution in [1.82, 2.24) is 15.3 Å². The van der Waals surface area contributed by atoms with E-state index < -0.39 is 0 Å². The second-order valence-electron chi connectivity index (χ2n) is 4.51. The molecule has 5 heteroatoms. The van der Waals surface area contributed by atoms with Gasteiger partial charge in [0.1, 0.15) is 0 Å². The number of halogens is 1. The quantitative estimate of drug-likeness (QED) is 0.825. The minimum Gasteiger partial charge on any atom is -0.298 e. The fraction of sp³-hybridized carbons (Fsp3) is 0.750. The number of nitrogens with zero attached hydrogens (tertiary/aromatic N) is 2. The summed E-state index contributed by atoms with van der Waals surface area (Å²) in [5.74, 6) is 0. The molecule has 0 aliphatic heterocycles. The summed E-state index contributed by atoms with van der Waals surface area (Å²) in [7, 11) is 0. The van der Waals surface area contributed by atoms with E-state index in [1.165, 1.54) is 12.8 Å². The van der Waals surface area contributed by atoms with Gasteiger partial charge in [0, 0.05) is 6.54 Å². The van der Waals surface area contributed by atoms with E-state index in [4.69, 9.17) is 16.4 Å². The molecule has 0 bridgehead atoms. The van der Waals surface area contributed by atoms with Crippen molar-refractivity contribution in [3.05, 3.63) is 16.4 Å². The Kier molecular flexibility index (Phi) is 4.42. The Bertz CT molecular complexity index is 372. The molecule has 1 aromatic heterocycles. The van der Waals surface area contributed by atoms with Crippen molar-refractivity contribution >= 4 is 11.6 Å². The molecule has 2 rings (SSSR count). The zero-order valence-corrected chi connectivity index (χ0v) is 11.3. The summed E-state index contributed by atoms with van der Waals surface area (Å²) < 4.78 is 1.92. The van der Waals surface area contributed by atoms with Crippen molar-refractivity contribution < 1.29 is 4.84 Å². The molecule has 0 saturated heterocycles. The molecule has 1 aliphatic rings. The Hall–Kier alpha value is -0.580. The van der Waals surface area contributed by atoms with Gasteiger partial charge in [-0.1, -0.05) is 24.4 Å². The third kappa shape index (κ3) is 3.00. The van der Waals surface area contributed by atoms with Crippen LogP contribution < -0.4 is 5.48 Å². The average Bonchev–Trinajstić information content (AvgIpc) is 2.92. The Balaban J connectivity index is 1.89. The van der Waals surface area contributed by atoms with Crippen LogP contribution in [0.3, 0.4) is 0 Å². The van der Waals surface area contributed by atoms with Crippen molar-refractivity contribution in [2.75, 3.05) is 0 Å². The summed E-state index contributed by atoms with van der Waals surface area (Å²) in [5.41, 5.74) is 4.91. The molecule has 96 valence electrons. The maximum atomic E-state index is 6.21. The minimum absolute atomic E-state index is 0.368. The van der Waals surface area contributed by atoms with Crippen LogP contribution in [0.5, 0.6) is 0 Å². The van der Waals surface area contributed by atoms with Crippen LogP contribution in [0.2, 0.25) is 5.02 Å². The highest BCUT2D eigenvalue weighted by Crippen LogP contribution is 2.22. The highest BCUT2D eigenvalue weighted by molar-refractivity contribution is 6.31. The van der Waals surface area contributed by atoms with E-state index in [1.807, 2.05) is 11.6 Å². The molecule has 0 amide bonds. The van der Waals surface area contributed by atoms with E-state index in [0.717, 1.165) is 35.8 Å². The van der Waals surface area contributed by atoms with Gasteiger partial charge in [0.25, 0.3) is 0 Å². The number of hydrogen-bond donors (Lipinski definition) is 1. The third-order valence-electron chi connectivity index (χ3n) is 3.24. The molecule has 1 saturated carbocycles. The first-order valence-corrected chi connectivity index (χ1v) is 6.70. The standard InChI is InChI=1S/C12H20ClN3O/c1-3-16-11(12(13)9(2)15-16)8-14-17-10-6-4-5-7-10/h10,14H,3-8H2,1-2H3. The molecule has 1 aliphatic carbocycles. The van der Waals surface area contributed by atoms with Gasteiger partial charge in [-0.25, -0.2) is 0 Å². The molecule has 1 fully saturated rings. The lowest BCUT2D eigenvalue weighted by Gasteiger charge is -2.12. The van der Waals surface area contributed by atoms with Crippen molar-refractivity contribution in [2.45, 2.75) is 58.7 Å². The summed E-state index contributed by atoms with van der Waals surface area (Å²) in [6.07, 6.45) is 5.24. The van der Waals surface area contributed by atoms with Crippen LogP contribution in [-0.4, -0.2) is 15.9 Å². The first-order valence-electron chi connectivity index (χ1n) is 6.32. The highest BCUT2D eigenvalue weighted by atomic mass is 35.5. The van der Waals surface area contributed by atoms with Gasteiger partial charge in [-0.15, -0.1) is 0 Å². The number of aryl methyl sites for hydroxylation is 2. The van der Waals surface area contributed by atoms with Crippen molar-refractivity contribution in [3.63, 3.8) is 0 Å². The van der Waals surface area contributed by atoms with Crippen LogP contribution in [0.25, 0.3) is 0 Å². The molecular weight excluding hydrogens is 238 g/mol. The molecule has 0 atom stereocenters. The van der Waals surface area contributed by atoms with E-state index in [-0.39, 0.29) is 0 Å². The van der Waals surface area contributed by atoms with E-state index in [1.54, 1.807) is 0 Å². The van der Waals surface area contributed by atoms with E-state index in [9.17, 15) is 0 Å². The molecule has 4 nitrogen and oxygen atoms in total. The van der Waals surface area contributed by atoms with Crippen LogP contribution in [0.1, 0.15) is 44.0 Å². The lowest BCUT2D eigenvalue weighted by Crippen LogP contribution is -2.23. The van der Waals surface area contributed by atoms with Crippen LogP contribution in [0, 0.1) is 6.92 Å². The maximum Gasteiger partial charge on any atom is 0.0861 e. The van der Waals surface area contributed by atoms with Gasteiger partial charge in [-0.05, 0) is 26.7 Å². The Morgan fingerprint density at radius 3 is 2.82 bits per heavy atom. The minimum atomic E-state index is 0.368. The molecular formula is C12H20ClN3O. The molecule has 0 unspecified atom stereocenters. The van der Waals surface area contributed by atoms with Gasteiger partial charge < -0.3 is 0 Å². The first kappa shape index (κ1) is 12.9. The summed E-state index contributed by atoms with van der Waals surface area (Å²) in [5, 5.41) is 5.11. The predicted molar refractivity (Wildman–Crippen MR) is 67.8 cm³/mol. The number of hydroxylamine groups is 1. The van der Waals surface area contributed by atoms with Crippen LogP contribution in [0.15, 0.2) is 0 Å². The molecule has 1 N–H and O–H groups in total. The van der Waals surface area contributed by atoms with Crippen molar-refractivity contribution in [3.8, 4) is 0 Å². The zero-order chi connectivity index (χ0) is 12.3. The highest BCUT2D eigenvalue weighted by Gasteiger charge is 2.17. The molecule has 1 heterocycles. The largest absolute Gasteiger partial charge is 0.298 e. The number of rotatable bonds is 5. The molecule has 0 spiro atoms. The maximum absolute atomic E-state index is 6.21. The summed E-state index contributed by atoms with van der Waals surface area (Å²) in [6, 6.07) is 0. The molecule has 0 radical (unpaired) electrons. The van der Waals surface area contributed by atoms with Crippen LogP contribution in [-0.2, 0) is 17.9 Å². The number of hydrogen-bond acceptors (Lipinski definition) is 3. The van der Waals surface area contributed by atoms with Crippen molar-refractivity contribution in [1.29, 1.82) is 0 Å². The fourth-order valence-corrected chi connectivity index (χ4v) is 2.47. The first-order chi connectivity index (χ1) is 8.22. The second-order valence-corrected chi connectivity index (χ2v) is 4.89. The monoisotopic (exact) mass is 257 g/mol. The summed E-state index contributed by atoms with van der Waals surface area (Å²) in [4.78, 5) is 5.62. The Labute approximate surface area is 107 Å². The van der Waals surface area contributed by atoms with Crippen molar-refractivity contribution in [2.24, 2.45) is 0 Å². The lowest BCUT2D eigenvalue weighted by molar-refractivity contribution is -0.0253. The average molecular weight is 258 g/mol. The molecule has 17 heavy (non-hydrogen) atoms. The smallest absolute Gasteiger partial charge is 0.0861 e. The van der Waals surface area contributed by atoms with E-state index >= 15 is 0 Å². The van der Waals surface area contributed by atoms with Crippen LogP contribution in [0.4, 0.5) is 0 Å². The summed E-state index contributed by atoms with van der Waals surface area (Å²) >= 11 is 6.21. The van der Waals surface area contributed by atoms with Gasteiger partial charge in [-0.2, -0.15) is 10.6 Å². The lowest BCUT2D eigenvalue weighted by atomic mass is 10.3. The van der Waals surface area contributed by atoms with E-state index in [0.29, 0.717) is 12.6 Å². The Morgan fingerprint density at radius 1 is 1.47 bits per heavy atom. The number of nitrogens with one attached hydrogen (secondary N) is 1. The SMILES string of the molecule is CCn1nc(C)c(Cl)c1CNOC1CCCC1. The summed E-state index contributed by atoms with van der Waals surface area (Å²) in [6.45, 7) is 5.43. The van der Waals surface area contributed by atoms with Gasteiger partial charge in [0.2, 0.25) is 0 Å². The topological polar surface area (TPSA) is 39.1 Å². The van der Waals surface area contributed by atoms with Gasteiger partial charge in [0.05, 0.1) is 29.1 Å². The molecule has 0 aromatic carbocycles. The normalized spacial score (nSPS) is 16.9. The second kappa shape index (κ2) is 5.85. The molecule has 1 aromatic rings. The number of aromatic nitrogens is 2. The van der Waals surface area contributed by atoms with E-state index in [2.05, 4.69) is 17.5 Å². The fourth-order valence-electron chi connectivity index (χ4n) is 2.27. The third-order valence-corrected chi connectivity index (χ3v) is 3.74. The van der Waals surface area contributed by atoms with Gasteiger partial charge in [0.15, 0.2) is 0 Å². The van der Waals surface area contributed by atoms with Gasteiger partial charge in [-0.3, -0.25) is 9.52 Å². The van der Waals surface area contributed by atoms with Crippen LogP contribution >= 0.6 is 11.6 Å². The predicted octanol–water partition coefficient (Wildman–Crippen LogP) is 2.83. The zero-order valence-electron chi connectivity index (χ0n) is 10.5. The van der Waals surface area contributed by atoms with Gasteiger partial charge >= 0.3 is 0 Å². The Morgan fingerprint density at radius 2 is 2.18 bits per heavy atom.